The molecule has 1 heterocycles. The van der Waals surface area contributed by atoms with Crippen molar-refractivity contribution in [2.75, 3.05) is 32.7 Å². The molecule has 0 aliphatic carbocycles. The number of nitrogens with one attached hydrogen (secondary N) is 2. The van der Waals surface area contributed by atoms with Crippen LogP contribution in [0, 0.1) is 5.92 Å². The van der Waals surface area contributed by atoms with Gasteiger partial charge in [0.2, 0.25) is 0 Å². The van der Waals surface area contributed by atoms with Gasteiger partial charge >= 0.3 is 12.2 Å². The molecule has 1 aliphatic rings. The average molecular weight is 392 g/mol. The van der Waals surface area contributed by atoms with E-state index in [9.17, 15) is 9.59 Å². The van der Waals surface area contributed by atoms with Gasteiger partial charge in [-0.25, -0.2) is 9.59 Å². The second-order valence-corrected chi connectivity index (χ2v) is 8.13. The highest BCUT2D eigenvalue weighted by molar-refractivity contribution is 5.68. The summed E-state index contributed by atoms with van der Waals surface area (Å²) in [4.78, 5) is 25.5. The molecule has 156 valence electrons. The first-order chi connectivity index (χ1) is 13.3. The van der Waals surface area contributed by atoms with Crippen LogP contribution in [-0.2, 0) is 16.1 Å². The number of hydrogen-bond acceptors (Lipinski definition) is 5. The van der Waals surface area contributed by atoms with Crippen molar-refractivity contribution < 1.29 is 19.1 Å². The van der Waals surface area contributed by atoms with Crippen molar-refractivity contribution in [1.82, 2.24) is 15.5 Å². The van der Waals surface area contributed by atoms with Gasteiger partial charge in [-0.1, -0.05) is 30.3 Å². The molecule has 1 unspecified atom stereocenters. The van der Waals surface area contributed by atoms with Crippen LogP contribution < -0.4 is 10.6 Å². The summed E-state index contributed by atoms with van der Waals surface area (Å²) in [7, 11) is 0. The molecule has 7 heteroatoms. The van der Waals surface area contributed by atoms with Gasteiger partial charge in [0.05, 0.1) is 0 Å². The Morgan fingerprint density at radius 3 is 2.64 bits per heavy atom. The van der Waals surface area contributed by atoms with Gasteiger partial charge in [0.15, 0.2) is 0 Å². The Morgan fingerprint density at radius 2 is 1.93 bits per heavy atom. The molecular weight excluding hydrogens is 358 g/mol. The van der Waals surface area contributed by atoms with Gasteiger partial charge < -0.3 is 25.0 Å². The number of hydrogen-bond donors (Lipinski definition) is 2. The van der Waals surface area contributed by atoms with Crippen LogP contribution in [0.15, 0.2) is 30.3 Å². The highest BCUT2D eigenvalue weighted by Gasteiger charge is 2.26. The fourth-order valence-electron chi connectivity index (χ4n) is 3.00. The molecule has 1 atom stereocenters. The smallest absolute Gasteiger partial charge is 0.410 e. The van der Waals surface area contributed by atoms with Gasteiger partial charge in [0, 0.05) is 19.6 Å². The minimum absolute atomic E-state index is 0.243. The predicted molar refractivity (Wildman–Crippen MR) is 108 cm³/mol. The van der Waals surface area contributed by atoms with Crippen molar-refractivity contribution in [2.24, 2.45) is 5.92 Å². The van der Waals surface area contributed by atoms with Crippen LogP contribution in [0.4, 0.5) is 9.59 Å². The lowest BCUT2D eigenvalue weighted by Gasteiger charge is -2.19. The molecule has 0 aromatic heterocycles. The highest BCUT2D eigenvalue weighted by Crippen LogP contribution is 2.17. The van der Waals surface area contributed by atoms with E-state index in [0.717, 1.165) is 44.6 Å². The summed E-state index contributed by atoms with van der Waals surface area (Å²) in [6, 6.07) is 9.70. The Morgan fingerprint density at radius 1 is 1.18 bits per heavy atom. The van der Waals surface area contributed by atoms with E-state index in [1.165, 1.54) is 0 Å². The molecule has 1 saturated heterocycles. The van der Waals surface area contributed by atoms with Crippen LogP contribution in [0.3, 0.4) is 0 Å². The fourth-order valence-corrected chi connectivity index (χ4v) is 3.00. The Balaban J connectivity index is 1.52. The zero-order chi connectivity index (χ0) is 20.4. The van der Waals surface area contributed by atoms with Crippen LogP contribution in [0.1, 0.15) is 39.2 Å². The van der Waals surface area contributed by atoms with E-state index in [-0.39, 0.29) is 12.2 Å². The third-order valence-corrected chi connectivity index (χ3v) is 4.38. The molecule has 2 amide bonds. The first kappa shape index (κ1) is 22.0. The molecule has 7 nitrogen and oxygen atoms in total. The number of carbonyl (C=O) groups is 2. The molecule has 2 rings (SSSR count). The molecular formula is C21H33N3O4. The van der Waals surface area contributed by atoms with E-state index < -0.39 is 5.60 Å². The van der Waals surface area contributed by atoms with E-state index >= 15 is 0 Å². The second-order valence-electron chi connectivity index (χ2n) is 8.13. The molecule has 1 aromatic carbocycles. The van der Waals surface area contributed by atoms with Crippen LogP contribution in [-0.4, -0.2) is 55.4 Å². The number of carbonyl (C=O) groups excluding carboxylic acids is 2. The maximum atomic E-state index is 12.2. The number of nitrogens with zero attached hydrogens (tertiary/aromatic N) is 1. The highest BCUT2D eigenvalue weighted by atomic mass is 16.6. The van der Waals surface area contributed by atoms with Crippen LogP contribution in [0.25, 0.3) is 0 Å². The summed E-state index contributed by atoms with van der Waals surface area (Å²) in [5.74, 6) is 0.433. The van der Waals surface area contributed by atoms with E-state index in [1.807, 2.05) is 51.1 Å². The average Bonchev–Trinajstić information content (AvgIpc) is 3.11. The predicted octanol–water partition coefficient (Wildman–Crippen LogP) is 3.15. The summed E-state index contributed by atoms with van der Waals surface area (Å²) in [6.07, 6.45) is 1.18. The van der Waals surface area contributed by atoms with Gasteiger partial charge in [-0.2, -0.15) is 0 Å². The number of amides is 2. The third-order valence-electron chi connectivity index (χ3n) is 4.38. The Labute approximate surface area is 167 Å². The lowest BCUT2D eigenvalue weighted by atomic mass is 10.1. The van der Waals surface area contributed by atoms with Crippen molar-refractivity contribution in [3.63, 3.8) is 0 Å². The quantitative estimate of drug-likeness (QED) is 0.666. The largest absolute Gasteiger partial charge is 0.445 e. The Bertz CT molecular complexity index is 616. The van der Waals surface area contributed by atoms with Crippen LogP contribution >= 0.6 is 0 Å². The fraction of sp³-hybridized carbons (Fsp3) is 0.619. The summed E-state index contributed by atoms with van der Waals surface area (Å²) in [5.41, 5.74) is 0.520. The van der Waals surface area contributed by atoms with Gasteiger partial charge in [-0.3, -0.25) is 0 Å². The summed E-state index contributed by atoms with van der Waals surface area (Å²) in [5, 5.41) is 6.14. The molecule has 28 heavy (non-hydrogen) atoms. The molecule has 1 aromatic rings. The third kappa shape index (κ3) is 8.61. The zero-order valence-corrected chi connectivity index (χ0v) is 17.2. The molecule has 2 N–H and O–H groups in total. The SMILES string of the molecule is CC(C)(C)OC(=O)NCCCNCC1CCN(C(=O)OCc2ccccc2)C1. The normalized spacial score (nSPS) is 16.7. The van der Waals surface area contributed by atoms with Crippen molar-refractivity contribution >= 4 is 12.2 Å². The lowest BCUT2D eigenvalue weighted by molar-refractivity contribution is 0.0527. The number of alkyl carbamates (subject to hydrolysis) is 1. The Hall–Kier alpha value is -2.28. The number of rotatable bonds is 8. The van der Waals surface area contributed by atoms with Crippen LogP contribution in [0.2, 0.25) is 0 Å². The number of likely N-dealkylation sites (tertiary alicyclic amines) is 1. The van der Waals surface area contributed by atoms with E-state index in [1.54, 1.807) is 4.90 Å². The zero-order valence-electron chi connectivity index (χ0n) is 17.2. The molecule has 0 bridgehead atoms. The number of benzene rings is 1. The first-order valence-electron chi connectivity index (χ1n) is 9.97. The second kappa shape index (κ2) is 10.9. The summed E-state index contributed by atoms with van der Waals surface area (Å²) in [6.45, 7) is 9.54. The maximum absolute atomic E-state index is 12.2. The van der Waals surface area contributed by atoms with E-state index in [2.05, 4.69) is 10.6 Å². The van der Waals surface area contributed by atoms with E-state index in [4.69, 9.17) is 9.47 Å². The first-order valence-corrected chi connectivity index (χ1v) is 9.97. The monoisotopic (exact) mass is 391 g/mol. The minimum atomic E-state index is -0.473. The van der Waals surface area contributed by atoms with Crippen molar-refractivity contribution in [3.8, 4) is 0 Å². The minimum Gasteiger partial charge on any atom is -0.445 e. The summed E-state index contributed by atoms with van der Waals surface area (Å²) >= 11 is 0. The van der Waals surface area contributed by atoms with Crippen molar-refractivity contribution in [3.05, 3.63) is 35.9 Å². The van der Waals surface area contributed by atoms with Gasteiger partial charge in [0.25, 0.3) is 0 Å². The Kier molecular flexibility index (Phi) is 8.57. The van der Waals surface area contributed by atoms with E-state index in [0.29, 0.717) is 19.1 Å². The van der Waals surface area contributed by atoms with Gasteiger partial charge in [0.1, 0.15) is 12.2 Å². The van der Waals surface area contributed by atoms with Gasteiger partial charge in [-0.15, -0.1) is 0 Å². The standard InChI is InChI=1S/C21H33N3O4/c1-21(2,3)28-19(25)23-12-7-11-22-14-18-10-13-24(15-18)20(26)27-16-17-8-5-4-6-9-17/h4-6,8-9,18,22H,7,10-16H2,1-3H3,(H,23,25). The van der Waals surface area contributed by atoms with Crippen molar-refractivity contribution in [1.29, 1.82) is 0 Å². The number of ether oxygens (including phenoxy) is 2. The molecule has 0 saturated carbocycles. The molecule has 1 aliphatic heterocycles. The van der Waals surface area contributed by atoms with Gasteiger partial charge in [-0.05, 0) is 58.2 Å². The molecule has 0 spiro atoms. The summed E-state index contributed by atoms with van der Waals surface area (Å²) < 4.78 is 10.6. The lowest BCUT2D eigenvalue weighted by Crippen LogP contribution is -2.34. The molecule has 1 fully saturated rings. The van der Waals surface area contributed by atoms with Crippen LogP contribution in [0.5, 0.6) is 0 Å². The topological polar surface area (TPSA) is 79.9 Å². The van der Waals surface area contributed by atoms with Crippen molar-refractivity contribution in [2.45, 2.75) is 45.8 Å². The molecule has 0 radical (unpaired) electrons. The maximum Gasteiger partial charge on any atom is 0.410 e.